The van der Waals surface area contributed by atoms with Crippen LogP contribution in [0, 0.1) is 5.41 Å². The predicted molar refractivity (Wildman–Crippen MR) is 80.8 cm³/mol. The second-order valence-electron chi connectivity index (χ2n) is 5.48. The smallest absolute Gasteiger partial charge is 0.311 e. The molecule has 1 N–H and O–H groups in total. The van der Waals surface area contributed by atoms with Crippen molar-refractivity contribution in [3.05, 3.63) is 47.5 Å². The Morgan fingerprint density at radius 1 is 1.50 bits per heavy atom. The first-order valence-electron chi connectivity index (χ1n) is 6.87. The minimum Gasteiger partial charge on any atom is -0.481 e. The van der Waals surface area contributed by atoms with Crippen LogP contribution in [0.4, 0.5) is 0 Å². The average Bonchev–Trinajstić information content (AvgIpc) is 2.42. The quantitative estimate of drug-likeness (QED) is 0.844. The predicted octanol–water partition coefficient (Wildman–Crippen LogP) is 3.58. The Bertz CT molecular complexity index is 503. The van der Waals surface area contributed by atoms with E-state index in [1.165, 1.54) is 0 Å². The molecular weight excluding hydrogens is 274 g/mol. The van der Waals surface area contributed by atoms with Crippen LogP contribution in [0.3, 0.4) is 0 Å². The average molecular weight is 294 g/mol. The van der Waals surface area contributed by atoms with E-state index < -0.39 is 11.4 Å². The zero-order valence-electron chi connectivity index (χ0n) is 11.5. The van der Waals surface area contributed by atoms with Crippen molar-refractivity contribution < 1.29 is 9.90 Å². The number of benzene rings is 1. The number of piperidine rings is 1. The Morgan fingerprint density at radius 2 is 2.25 bits per heavy atom. The molecule has 2 rings (SSSR count). The molecule has 0 radical (unpaired) electrons. The minimum absolute atomic E-state index is 0.515. The third-order valence-electron chi connectivity index (χ3n) is 4.00. The van der Waals surface area contributed by atoms with Gasteiger partial charge < -0.3 is 5.11 Å². The van der Waals surface area contributed by atoms with E-state index in [0.29, 0.717) is 25.9 Å². The topological polar surface area (TPSA) is 40.5 Å². The fraction of sp³-hybridized carbons (Fsp3) is 0.438. The Labute approximate surface area is 124 Å². The summed E-state index contributed by atoms with van der Waals surface area (Å²) < 4.78 is 0. The minimum atomic E-state index is -0.721. The molecule has 0 saturated carbocycles. The Kier molecular flexibility index (Phi) is 4.84. The fourth-order valence-corrected chi connectivity index (χ4v) is 3.13. The van der Waals surface area contributed by atoms with Crippen molar-refractivity contribution in [2.24, 2.45) is 5.41 Å². The lowest BCUT2D eigenvalue weighted by atomic mass is 9.77. The first kappa shape index (κ1) is 15.1. The summed E-state index contributed by atoms with van der Waals surface area (Å²) in [4.78, 5) is 13.8. The van der Waals surface area contributed by atoms with Gasteiger partial charge in [0.2, 0.25) is 0 Å². The van der Waals surface area contributed by atoms with E-state index in [0.717, 1.165) is 23.6 Å². The molecule has 1 aromatic carbocycles. The summed E-state index contributed by atoms with van der Waals surface area (Å²) in [6.45, 7) is 5.87. The van der Waals surface area contributed by atoms with Gasteiger partial charge in [-0.05, 0) is 37.4 Å². The molecule has 0 aliphatic carbocycles. The van der Waals surface area contributed by atoms with Crippen molar-refractivity contribution >= 4 is 17.6 Å². The molecule has 0 bridgehead atoms. The van der Waals surface area contributed by atoms with E-state index in [2.05, 4.69) is 11.5 Å². The van der Waals surface area contributed by atoms with E-state index in [1.807, 2.05) is 24.3 Å². The molecular formula is C16H20ClNO2. The lowest BCUT2D eigenvalue weighted by Gasteiger charge is -2.39. The molecule has 1 atom stereocenters. The van der Waals surface area contributed by atoms with Crippen molar-refractivity contribution in [1.82, 2.24) is 4.90 Å². The maximum Gasteiger partial charge on any atom is 0.311 e. The van der Waals surface area contributed by atoms with Gasteiger partial charge in [0.25, 0.3) is 0 Å². The summed E-state index contributed by atoms with van der Waals surface area (Å²) >= 11 is 6.18. The highest BCUT2D eigenvalue weighted by molar-refractivity contribution is 6.31. The maximum atomic E-state index is 11.6. The molecule has 0 aromatic heterocycles. The first-order valence-corrected chi connectivity index (χ1v) is 7.25. The molecule has 1 saturated heterocycles. The molecule has 0 unspecified atom stereocenters. The van der Waals surface area contributed by atoms with Crippen LogP contribution in [0.25, 0.3) is 0 Å². The van der Waals surface area contributed by atoms with E-state index in [-0.39, 0.29) is 0 Å². The molecule has 1 aliphatic rings. The van der Waals surface area contributed by atoms with E-state index >= 15 is 0 Å². The van der Waals surface area contributed by atoms with Crippen molar-refractivity contribution in [3.8, 4) is 0 Å². The summed E-state index contributed by atoms with van der Waals surface area (Å²) in [6, 6.07) is 7.72. The Morgan fingerprint density at radius 3 is 2.90 bits per heavy atom. The van der Waals surface area contributed by atoms with Gasteiger partial charge in [0.1, 0.15) is 0 Å². The number of nitrogens with zero attached hydrogens (tertiary/aromatic N) is 1. The van der Waals surface area contributed by atoms with E-state index in [4.69, 9.17) is 11.6 Å². The van der Waals surface area contributed by atoms with Crippen molar-refractivity contribution in [2.75, 3.05) is 13.1 Å². The van der Waals surface area contributed by atoms with Gasteiger partial charge in [-0.1, -0.05) is 35.9 Å². The number of hydrogen-bond acceptors (Lipinski definition) is 2. The van der Waals surface area contributed by atoms with Gasteiger partial charge in [-0.2, -0.15) is 0 Å². The molecule has 3 nitrogen and oxygen atoms in total. The summed E-state index contributed by atoms with van der Waals surface area (Å²) in [7, 11) is 0. The summed E-state index contributed by atoms with van der Waals surface area (Å²) in [5, 5.41) is 10.3. The molecule has 1 heterocycles. The van der Waals surface area contributed by atoms with Crippen LogP contribution >= 0.6 is 11.6 Å². The van der Waals surface area contributed by atoms with Gasteiger partial charge >= 0.3 is 5.97 Å². The number of aliphatic carboxylic acids is 1. The van der Waals surface area contributed by atoms with Crippen molar-refractivity contribution in [1.29, 1.82) is 0 Å². The number of carbonyl (C=O) groups is 1. The molecule has 1 aliphatic heterocycles. The monoisotopic (exact) mass is 293 g/mol. The number of carboxylic acid groups (broad SMARTS) is 1. The normalized spacial score (nSPS) is 23.4. The Balaban J connectivity index is 2.12. The van der Waals surface area contributed by atoms with Gasteiger partial charge in [-0.3, -0.25) is 9.69 Å². The SMILES string of the molecule is C=CC[C@@]1(C(=O)O)CCCN(Cc2ccccc2Cl)C1. The van der Waals surface area contributed by atoms with Gasteiger partial charge in [-0.15, -0.1) is 6.58 Å². The number of hydrogen-bond donors (Lipinski definition) is 1. The number of rotatable bonds is 5. The zero-order valence-corrected chi connectivity index (χ0v) is 12.3. The highest BCUT2D eigenvalue weighted by Crippen LogP contribution is 2.35. The van der Waals surface area contributed by atoms with Gasteiger partial charge in [-0.25, -0.2) is 0 Å². The summed E-state index contributed by atoms with van der Waals surface area (Å²) in [5.74, 6) is -0.721. The van der Waals surface area contributed by atoms with Gasteiger partial charge in [0.05, 0.1) is 5.41 Å². The highest BCUT2D eigenvalue weighted by atomic mass is 35.5. The summed E-state index contributed by atoms with van der Waals surface area (Å²) in [5.41, 5.74) is 0.357. The van der Waals surface area contributed by atoms with Crippen LogP contribution in [0.5, 0.6) is 0 Å². The van der Waals surface area contributed by atoms with Crippen LogP contribution in [-0.2, 0) is 11.3 Å². The van der Waals surface area contributed by atoms with E-state index in [9.17, 15) is 9.90 Å². The van der Waals surface area contributed by atoms with Crippen molar-refractivity contribution in [2.45, 2.75) is 25.8 Å². The third-order valence-corrected chi connectivity index (χ3v) is 4.37. The van der Waals surface area contributed by atoms with Crippen LogP contribution in [0.1, 0.15) is 24.8 Å². The molecule has 0 amide bonds. The highest BCUT2D eigenvalue weighted by Gasteiger charge is 2.41. The Hall–Kier alpha value is -1.32. The number of halogens is 1. The number of likely N-dealkylation sites (tertiary alicyclic amines) is 1. The van der Waals surface area contributed by atoms with Crippen LogP contribution < -0.4 is 0 Å². The van der Waals surface area contributed by atoms with Crippen LogP contribution in [0.2, 0.25) is 5.02 Å². The van der Waals surface area contributed by atoms with E-state index in [1.54, 1.807) is 6.08 Å². The van der Waals surface area contributed by atoms with Crippen LogP contribution in [0.15, 0.2) is 36.9 Å². The lowest BCUT2D eigenvalue weighted by molar-refractivity contribution is -0.152. The number of allylic oxidation sites excluding steroid dienone is 1. The number of carboxylic acids is 1. The summed E-state index contributed by atoms with van der Waals surface area (Å²) in [6.07, 6.45) is 3.84. The second kappa shape index (κ2) is 6.42. The first-order chi connectivity index (χ1) is 9.57. The molecule has 1 fully saturated rings. The molecule has 4 heteroatoms. The second-order valence-corrected chi connectivity index (χ2v) is 5.89. The maximum absolute atomic E-state index is 11.6. The molecule has 20 heavy (non-hydrogen) atoms. The molecule has 1 aromatic rings. The molecule has 0 spiro atoms. The van der Waals surface area contributed by atoms with Gasteiger partial charge in [0.15, 0.2) is 0 Å². The van der Waals surface area contributed by atoms with Crippen molar-refractivity contribution in [3.63, 3.8) is 0 Å². The largest absolute Gasteiger partial charge is 0.481 e. The lowest BCUT2D eigenvalue weighted by Crippen LogP contribution is -2.47. The standard InChI is InChI=1S/C16H20ClNO2/c1-2-8-16(15(19)20)9-5-10-18(12-16)11-13-6-3-4-7-14(13)17/h2-4,6-7H,1,5,8-12H2,(H,19,20)/t16-/m1/s1. The zero-order chi connectivity index (χ0) is 14.6. The van der Waals surface area contributed by atoms with Gasteiger partial charge in [0, 0.05) is 18.1 Å². The van der Waals surface area contributed by atoms with Crippen LogP contribution in [-0.4, -0.2) is 29.1 Å². The fourth-order valence-electron chi connectivity index (χ4n) is 2.93. The third kappa shape index (κ3) is 3.22. The molecule has 108 valence electrons.